The Hall–Kier alpha value is -3.40. The van der Waals surface area contributed by atoms with Crippen LogP contribution in [0.5, 0.6) is 0 Å². The molecule has 9 nitrogen and oxygen atoms in total. The van der Waals surface area contributed by atoms with Crippen molar-refractivity contribution in [3.8, 4) is 0 Å². The predicted molar refractivity (Wildman–Crippen MR) is 115 cm³/mol. The van der Waals surface area contributed by atoms with Gasteiger partial charge in [0.1, 0.15) is 0 Å². The topological polar surface area (TPSA) is 131 Å². The van der Waals surface area contributed by atoms with E-state index in [0.29, 0.717) is 17.7 Å². The van der Waals surface area contributed by atoms with E-state index in [1.54, 1.807) is 39.0 Å². The SMILES string of the molecule is CCNC(=O)NC(=O)COC(=O)c1ccccc1NS(=O)(=O)c1c(C)cc(C)cc1C. The first-order valence-electron chi connectivity index (χ1n) is 9.49. The third-order valence-corrected chi connectivity index (χ3v) is 5.86. The molecule has 0 fully saturated rings. The summed E-state index contributed by atoms with van der Waals surface area (Å²) < 4.78 is 33.4. The molecule has 0 radical (unpaired) electrons. The molecule has 2 aromatic carbocycles. The Bertz CT molecular complexity index is 1090. The zero-order valence-electron chi connectivity index (χ0n) is 17.7. The van der Waals surface area contributed by atoms with E-state index in [1.807, 2.05) is 12.2 Å². The van der Waals surface area contributed by atoms with E-state index in [4.69, 9.17) is 4.74 Å². The number of amides is 3. The predicted octanol–water partition coefficient (Wildman–Crippen LogP) is 2.42. The van der Waals surface area contributed by atoms with Gasteiger partial charge in [-0.05, 0) is 51.0 Å². The number of nitrogens with one attached hydrogen (secondary N) is 3. The number of anilines is 1. The van der Waals surface area contributed by atoms with Crippen LogP contribution >= 0.6 is 0 Å². The van der Waals surface area contributed by atoms with E-state index >= 15 is 0 Å². The van der Waals surface area contributed by atoms with Gasteiger partial charge in [0.25, 0.3) is 15.9 Å². The second-order valence-electron chi connectivity index (χ2n) is 6.86. The number of ether oxygens (including phenoxy) is 1. The van der Waals surface area contributed by atoms with Crippen LogP contribution in [0.25, 0.3) is 0 Å². The first-order chi connectivity index (χ1) is 14.5. The lowest BCUT2D eigenvalue weighted by Gasteiger charge is -2.16. The van der Waals surface area contributed by atoms with Crippen molar-refractivity contribution in [1.29, 1.82) is 0 Å². The van der Waals surface area contributed by atoms with Crippen molar-refractivity contribution in [3.63, 3.8) is 0 Å². The van der Waals surface area contributed by atoms with Gasteiger partial charge in [-0.2, -0.15) is 0 Å². The van der Waals surface area contributed by atoms with Gasteiger partial charge in [0.05, 0.1) is 16.1 Å². The van der Waals surface area contributed by atoms with Gasteiger partial charge in [-0.1, -0.05) is 29.8 Å². The fourth-order valence-corrected chi connectivity index (χ4v) is 4.65. The van der Waals surface area contributed by atoms with E-state index in [2.05, 4.69) is 10.0 Å². The number of sulfonamides is 1. The molecule has 0 aromatic heterocycles. The van der Waals surface area contributed by atoms with Crippen LogP contribution in [0.2, 0.25) is 0 Å². The monoisotopic (exact) mass is 447 g/mol. The largest absolute Gasteiger partial charge is 0.452 e. The molecule has 3 amide bonds. The van der Waals surface area contributed by atoms with Gasteiger partial charge < -0.3 is 10.1 Å². The molecule has 2 aromatic rings. The summed E-state index contributed by atoms with van der Waals surface area (Å²) in [4.78, 5) is 35.6. The van der Waals surface area contributed by atoms with Crippen molar-refractivity contribution >= 4 is 33.6 Å². The van der Waals surface area contributed by atoms with Crippen LogP contribution in [0.15, 0.2) is 41.3 Å². The van der Waals surface area contributed by atoms with Gasteiger partial charge in [0.2, 0.25) is 0 Å². The molecular weight excluding hydrogens is 422 g/mol. The average molecular weight is 448 g/mol. The van der Waals surface area contributed by atoms with Crippen LogP contribution < -0.4 is 15.4 Å². The summed E-state index contributed by atoms with van der Waals surface area (Å²) in [7, 11) is -3.99. The smallest absolute Gasteiger partial charge is 0.340 e. The van der Waals surface area contributed by atoms with Crippen molar-refractivity contribution in [2.45, 2.75) is 32.6 Å². The third-order valence-electron chi connectivity index (χ3n) is 4.19. The molecule has 0 bridgehead atoms. The summed E-state index contributed by atoms with van der Waals surface area (Å²) in [6.07, 6.45) is 0. The number of aryl methyl sites for hydroxylation is 3. The van der Waals surface area contributed by atoms with Gasteiger partial charge in [-0.15, -0.1) is 0 Å². The maximum atomic E-state index is 13.0. The molecule has 0 unspecified atom stereocenters. The Morgan fingerprint density at radius 3 is 2.23 bits per heavy atom. The van der Waals surface area contributed by atoms with Crippen LogP contribution in [0.4, 0.5) is 10.5 Å². The van der Waals surface area contributed by atoms with Gasteiger partial charge in [-0.25, -0.2) is 18.0 Å². The van der Waals surface area contributed by atoms with Crippen LogP contribution in [-0.4, -0.2) is 39.5 Å². The zero-order chi connectivity index (χ0) is 23.2. The number of carbonyl (C=O) groups excluding carboxylic acids is 3. The van der Waals surface area contributed by atoms with Crippen molar-refractivity contribution < 1.29 is 27.5 Å². The lowest BCUT2D eigenvalue weighted by molar-refractivity contribution is -0.123. The first kappa shape index (κ1) is 23.9. The molecule has 2 rings (SSSR count). The Balaban J connectivity index is 2.20. The number of hydrogen-bond acceptors (Lipinski definition) is 6. The summed E-state index contributed by atoms with van der Waals surface area (Å²) >= 11 is 0. The number of rotatable bonds is 7. The van der Waals surface area contributed by atoms with Crippen molar-refractivity contribution in [2.24, 2.45) is 0 Å². The molecule has 3 N–H and O–H groups in total. The molecule has 0 heterocycles. The van der Waals surface area contributed by atoms with Gasteiger partial charge in [-0.3, -0.25) is 14.8 Å². The fraction of sp³-hybridized carbons (Fsp3) is 0.286. The molecule has 0 spiro atoms. The van der Waals surface area contributed by atoms with Gasteiger partial charge in [0.15, 0.2) is 6.61 Å². The van der Waals surface area contributed by atoms with E-state index in [1.165, 1.54) is 18.2 Å². The maximum Gasteiger partial charge on any atom is 0.340 e. The van der Waals surface area contributed by atoms with Crippen LogP contribution in [0.3, 0.4) is 0 Å². The lowest BCUT2D eigenvalue weighted by atomic mass is 10.1. The number of esters is 1. The van der Waals surface area contributed by atoms with E-state index < -0.39 is 34.5 Å². The Kier molecular flexibility index (Phi) is 7.76. The molecular formula is C21H25N3O6S. The fourth-order valence-electron chi connectivity index (χ4n) is 3.11. The minimum Gasteiger partial charge on any atom is -0.452 e. The number of urea groups is 1. The van der Waals surface area contributed by atoms with Crippen molar-refractivity contribution in [1.82, 2.24) is 10.6 Å². The average Bonchev–Trinajstić information content (AvgIpc) is 2.65. The molecule has 0 aliphatic rings. The first-order valence-corrected chi connectivity index (χ1v) is 11.0. The lowest BCUT2D eigenvalue weighted by Crippen LogP contribution is -2.41. The highest BCUT2D eigenvalue weighted by atomic mass is 32.2. The summed E-state index contributed by atoms with van der Waals surface area (Å²) in [6, 6.07) is 8.69. The number of benzene rings is 2. The molecule has 10 heteroatoms. The standard InChI is InChI=1S/C21H25N3O6S/c1-5-22-21(27)23-18(25)12-30-20(26)16-8-6-7-9-17(16)24-31(28,29)19-14(3)10-13(2)11-15(19)4/h6-11,24H,5,12H2,1-4H3,(H2,22,23,25,27). The number of imide groups is 1. The highest BCUT2D eigenvalue weighted by molar-refractivity contribution is 7.92. The molecule has 31 heavy (non-hydrogen) atoms. The summed E-state index contributed by atoms with van der Waals surface area (Å²) in [5, 5.41) is 4.37. The van der Waals surface area contributed by atoms with Crippen LogP contribution in [0.1, 0.15) is 34.0 Å². The Morgan fingerprint density at radius 2 is 1.61 bits per heavy atom. The molecule has 0 saturated heterocycles. The molecule has 0 saturated carbocycles. The Labute approximate surface area is 181 Å². The molecule has 166 valence electrons. The zero-order valence-corrected chi connectivity index (χ0v) is 18.6. The van der Waals surface area contributed by atoms with E-state index in [9.17, 15) is 22.8 Å². The number of para-hydroxylation sites is 1. The highest BCUT2D eigenvalue weighted by Crippen LogP contribution is 2.26. The van der Waals surface area contributed by atoms with E-state index in [-0.39, 0.29) is 16.1 Å². The summed E-state index contributed by atoms with van der Waals surface area (Å²) in [6.45, 7) is 6.57. The van der Waals surface area contributed by atoms with Crippen molar-refractivity contribution in [3.05, 3.63) is 58.7 Å². The summed E-state index contributed by atoms with van der Waals surface area (Å²) in [5.74, 6) is -1.73. The normalized spacial score (nSPS) is 10.8. The van der Waals surface area contributed by atoms with Crippen LogP contribution in [-0.2, 0) is 19.6 Å². The second kappa shape index (κ2) is 10.1. The maximum absolute atomic E-state index is 13.0. The third kappa shape index (κ3) is 6.29. The van der Waals surface area contributed by atoms with Crippen molar-refractivity contribution in [2.75, 3.05) is 17.9 Å². The molecule has 0 atom stereocenters. The minimum atomic E-state index is -3.99. The van der Waals surface area contributed by atoms with Crippen LogP contribution in [0, 0.1) is 20.8 Å². The minimum absolute atomic E-state index is 0.0102. The Morgan fingerprint density at radius 1 is 1.00 bits per heavy atom. The quantitative estimate of drug-likeness (QED) is 0.559. The number of hydrogen-bond donors (Lipinski definition) is 3. The molecule has 0 aliphatic carbocycles. The second-order valence-corrected chi connectivity index (χ2v) is 8.48. The van der Waals surface area contributed by atoms with Gasteiger partial charge in [0, 0.05) is 6.54 Å². The molecule has 0 aliphatic heterocycles. The number of carbonyl (C=O) groups is 3. The van der Waals surface area contributed by atoms with E-state index in [0.717, 1.165) is 5.56 Å². The highest BCUT2D eigenvalue weighted by Gasteiger charge is 2.23. The van der Waals surface area contributed by atoms with Gasteiger partial charge >= 0.3 is 12.0 Å². The summed E-state index contributed by atoms with van der Waals surface area (Å²) in [5.41, 5.74) is 2.03.